The van der Waals surface area contributed by atoms with Gasteiger partial charge in [-0.3, -0.25) is 0 Å². The second-order valence-electron chi connectivity index (χ2n) is 2.37. The maximum Gasteiger partial charge on any atom is 0.120 e. The van der Waals surface area contributed by atoms with Gasteiger partial charge in [-0.2, -0.15) is 0 Å². The number of ether oxygens (including phenoxy) is 1. The molecule has 0 aliphatic rings. The Morgan fingerprint density at radius 2 is 2.33 bits per heavy atom. The summed E-state index contributed by atoms with van der Waals surface area (Å²) in [6.07, 6.45) is 1.22. The van der Waals surface area contributed by atoms with Crippen molar-refractivity contribution in [1.29, 1.82) is 5.41 Å². The van der Waals surface area contributed by atoms with Crippen molar-refractivity contribution < 1.29 is 4.74 Å². The van der Waals surface area contributed by atoms with Gasteiger partial charge in [0.15, 0.2) is 0 Å². The van der Waals surface area contributed by atoms with Crippen LogP contribution < -0.4 is 10.5 Å². The van der Waals surface area contributed by atoms with E-state index in [1.54, 1.807) is 18.2 Å². The lowest BCUT2D eigenvalue weighted by atomic mass is 10.2. The molecular weight excluding hydrogens is 152 g/mol. The van der Waals surface area contributed by atoms with Crippen LogP contribution in [0.15, 0.2) is 18.2 Å². The van der Waals surface area contributed by atoms with Gasteiger partial charge >= 0.3 is 0 Å². The summed E-state index contributed by atoms with van der Waals surface area (Å²) in [7, 11) is 0. The minimum atomic E-state index is 0.605. The van der Waals surface area contributed by atoms with E-state index in [1.807, 2.05) is 6.92 Å². The highest BCUT2D eigenvalue weighted by Crippen LogP contribution is 2.17. The fourth-order valence-corrected chi connectivity index (χ4v) is 0.934. The first-order valence-corrected chi connectivity index (χ1v) is 3.80. The Balaban J connectivity index is 2.96. The van der Waals surface area contributed by atoms with Crippen molar-refractivity contribution in [2.45, 2.75) is 6.92 Å². The molecule has 0 aliphatic heterocycles. The molecule has 64 valence electrons. The zero-order chi connectivity index (χ0) is 8.97. The van der Waals surface area contributed by atoms with Gasteiger partial charge in [-0.25, -0.2) is 0 Å². The highest BCUT2D eigenvalue weighted by Gasteiger charge is 1.97. The standard InChI is InChI=1S/C9H12N2O/c1-2-12-8-3-4-9(11)7(5-8)6-10/h3-6,10H,2,11H2,1H3. The molecule has 0 saturated heterocycles. The molecule has 3 nitrogen and oxygen atoms in total. The first-order valence-electron chi connectivity index (χ1n) is 3.80. The first-order chi connectivity index (χ1) is 5.77. The van der Waals surface area contributed by atoms with Crippen molar-refractivity contribution in [2.24, 2.45) is 0 Å². The maximum atomic E-state index is 7.05. The number of anilines is 1. The van der Waals surface area contributed by atoms with Crippen molar-refractivity contribution in [3.63, 3.8) is 0 Å². The van der Waals surface area contributed by atoms with Crippen molar-refractivity contribution in [1.82, 2.24) is 0 Å². The van der Waals surface area contributed by atoms with E-state index in [1.165, 1.54) is 6.21 Å². The number of nitrogen functional groups attached to an aromatic ring is 1. The highest BCUT2D eigenvalue weighted by atomic mass is 16.5. The summed E-state index contributed by atoms with van der Waals surface area (Å²) < 4.78 is 5.24. The van der Waals surface area contributed by atoms with Crippen LogP contribution in [-0.4, -0.2) is 12.8 Å². The summed E-state index contributed by atoms with van der Waals surface area (Å²) >= 11 is 0. The zero-order valence-electron chi connectivity index (χ0n) is 7.00. The van der Waals surface area contributed by atoms with Gasteiger partial charge in [0, 0.05) is 17.5 Å². The number of nitrogens with one attached hydrogen (secondary N) is 1. The van der Waals surface area contributed by atoms with Crippen LogP contribution in [0.5, 0.6) is 5.75 Å². The molecule has 0 aliphatic carbocycles. The quantitative estimate of drug-likeness (QED) is 0.527. The molecule has 0 fully saturated rings. The van der Waals surface area contributed by atoms with Crippen LogP contribution in [0.2, 0.25) is 0 Å². The number of benzene rings is 1. The van der Waals surface area contributed by atoms with Gasteiger partial charge in [-0.1, -0.05) is 0 Å². The van der Waals surface area contributed by atoms with E-state index in [4.69, 9.17) is 15.9 Å². The molecule has 1 rings (SSSR count). The average molecular weight is 164 g/mol. The fraction of sp³-hybridized carbons (Fsp3) is 0.222. The van der Waals surface area contributed by atoms with Crippen molar-refractivity contribution in [3.05, 3.63) is 23.8 Å². The molecule has 3 heteroatoms. The molecule has 0 heterocycles. The number of nitrogens with two attached hydrogens (primary N) is 1. The molecule has 0 radical (unpaired) electrons. The van der Waals surface area contributed by atoms with Gasteiger partial charge in [-0.15, -0.1) is 0 Å². The van der Waals surface area contributed by atoms with Gasteiger partial charge in [0.2, 0.25) is 0 Å². The maximum absolute atomic E-state index is 7.05. The second-order valence-corrected chi connectivity index (χ2v) is 2.37. The number of hydrogen-bond acceptors (Lipinski definition) is 3. The molecule has 0 bridgehead atoms. The molecule has 12 heavy (non-hydrogen) atoms. The molecule has 0 saturated carbocycles. The van der Waals surface area contributed by atoms with Crippen molar-refractivity contribution in [3.8, 4) is 5.75 Å². The van der Waals surface area contributed by atoms with Crippen LogP contribution in [0, 0.1) is 5.41 Å². The zero-order valence-corrected chi connectivity index (χ0v) is 7.00. The molecule has 0 unspecified atom stereocenters. The van der Waals surface area contributed by atoms with Crippen molar-refractivity contribution >= 4 is 11.9 Å². The highest BCUT2D eigenvalue weighted by molar-refractivity contribution is 5.85. The van der Waals surface area contributed by atoms with E-state index in [0.29, 0.717) is 17.9 Å². The lowest BCUT2D eigenvalue weighted by Gasteiger charge is -2.04. The minimum absolute atomic E-state index is 0.605. The Kier molecular flexibility index (Phi) is 2.69. The normalized spacial score (nSPS) is 9.42. The summed E-state index contributed by atoms with van der Waals surface area (Å²) in [4.78, 5) is 0. The van der Waals surface area contributed by atoms with Gasteiger partial charge in [0.25, 0.3) is 0 Å². The lowest BCUT2D eigenvalue weighted by molar-refractivity contribution is 0.340. The monoisotopic (exact) mass is 164 g/mol. The second kappa shape index (κ2) is 3.76. The van der Waals surface area contributed by atoms with E-state index in [2.05, 4.69) is 0 Å². The number of rotatable bonds is 3. The van der Waals surface area contributed by atoms with Crippen LogP contribution in [-0.2, 0) is 0 Å². The van der Waals surface area contributed by atoms with Crippen molar-refractivity contribution in [2.75, 3.05) is 12.3 Å². The third kappa shape index (κ3) is 1.75. The molecular formula is C9H12N2O. The molecule has 0 aromatic heterocycles. The van der Waals surface area contributed by atoms with E-state index in [0.717, 1.165) is 5.75 Å². The average Bonchev–Trinajstić information content (AvgIpc) is 2.09. The Morgan fingerprint density at radius 3 is 2.92 bits per heavy atom. The molecule has 1 aromatic carbocycles. The lowest BCUT2D eigenvalue weighted by Crippen LogP contribution is -1.96. The Labute approximate surface area is 71.7 Å². The topological polar surface area (TPSA) is 59.1 Å². The Morgan fingerprint density at radius 1 is 1.58 bits per heavy atom. The van der Waals surface area contributed by atoms with Crippen LogP contribution in [0.4, 0.5) is 5.69 Å². The van der Waals surface area contributed by atoms with Gasteiger partial charge in [0.05, 0.1) is 6.61 Å². The smallest absolute Gasteiger partial charge is 0.120 e. The summed E-state index contributed by atoms with van der Waals surface area (Å²) in [6.45, 7) is 2.54. The third-order valence-corrected chi connectivity index (χ3v) is 1.52. The molecule has 0 spiro atoms. The van der Waals surface area contributed by atoms with E-state index < -0.39 is 0 Å². The third-order valence-electron chi connectivity index (χ3n) is 1.52. The predicted octanol–water partition coefficient (Wildman–Crippen LogP) is 1.67. The van der Waals surface area contributed by atoms with E-state index in [9.17, 15) is 0 Å². The molecule has 0 amide bonds. The van der Waals surface area contributed by atoms with Crippen LogP contribution in [0.25, 0.3) is 0 Å². The predicted molar refractivity (Wildman–Crippen MR) is 49.9 cm³/mol. The first kappa shape index (κ1) is 8.59. The summed E-state index contributed by atoms with van der Waals surface area (Å²) in [6, 6.07) is 5.29. The minimum Gasteiger partial charge on any atom is -0.494 e. The molecule has 3 N–H and O–H groups in total. The fourth-order valence-electron chi connectivity index (χ4n) is 0.934. The summed E-state index contributed by atoms with van der Waals surface area (Å²) in [5.74, 6) is 0.755. The van der Waals surface area contributed by atoms with Gasteiger partial charge in [-0.05, 0) is 25.1 Å². The largest absolute Gasteiger partial charge is 0.494 e. The van der Waals surface area contributed by atoms with E-state index in [-0.39, 0.29) is 0 Å². The molecule has 1 aromatic rings. The summed E-state index contributed by atoms with van der Waals surface area (Å²) in [5, 5.41) is 7.05. The van der Waals surface area contributed by atoms with Crippen LogP contribution >= 0.6 is 0 Å². The molecule has 0 atom stereocenters. The summed E-state index contributed by atoms with van der Waals surface area (Å²) in [5.41, 5.74) is 6.89. The van der Waals surface area contributed by atoms with Gasteiger partial charge < -0.3 is 15.9 Å². The Hall–Kier alpha value is -1.51. The SMILES string of the molecule is CCOc1ccc(N)c(C=N)c1. The number of hydrogen-bond donors (Lipinski definition) is 2. The van der Waals surface area contributed by atoms with Crippen LogP contribution in [0.3, 0.4) is 0 Å². The van der Waals surface area contributed by atoms with E-state index >= 15 is 0 Å². The Bertz CT molecular complexity index is 284. The van der Waals surface area contributed by atoms with Crippen LogP contribution in [0.1, 0.15) is 12.5 Å². The van der Waals surface area contributed by atoms with Gasteiger partial charge in [0.1, 0.15) is 5.75 Å².